The topological polar surface area (TPSA) is 105 Å². The standard InChI is InChI=1S/C35H38ClN3O5S/c1-3-38-45(42,43)32-20-13-26(14-21-32)15-22-34(40)39(25-29-9-16-30(36)17-10-29)33(23-27-7-5-4-6-8-27)35(41)37-24-28-11-18-31(44-2)19-12-28/h4-14,16-21,33,38H,3,15,22-25H2,1-2H3,(H,37,41)/t33-/m0/s1. The lowest BCUT2D eigenvalue weighted by atomic mass is 10.0. The summed E-state index contributed by atoms with van der Waals surface area (Å²) in [5.74, 6) is 0.255. The van der Waals surface area contributed by atoms with Crippen LogP contribution in [-0.4, -0.2) is 44.8 Å². The Balaban J connectivity index is 1.58. The first-order valence-corrected chi connectivity index (χ1v) is 16.6. The highest BCUT2D eigenvalue weighted by molar-refractivity contribution is 7.89. The zero-order chi connectivity index (χ0) is 32.2. The Kier molecular flexibility index (Phi) is 12.2. The molecular weight excluding hydrogens is 610 g/mol. The van der Waals surface area contributed by atoms with E-state index in [4.69, 9.17) is 16.3 Å². The molecule has 2 N–H and O–H groups in total. The van der Waals surface area contributed by atoms with Crippen LogP contribution in [0.1, 0.15) is 35.6 Å². The number of amides is 2. The molecule has 0 aromatic heterocycles. The maximum Gasteiger partial charge on any atom is 0.243 e. The fraction of sp³-hybridized carbons (Fsp3) is 0.257. The molecule has 0 unspecified atom stereocenters. The van der Waals surface area contributed by atoms with Crippen molar-refractivity contribution in [1.29, 1.82) is 0 Å². The van der Waals surface area contributed by atoms with Crippen molar-refractivity contribution in [3.63, 3.8) is 0 Å². The zero-order valence-corrected chi connectivity index (χ0v) is 27.0. The van der Waals surface area contributed by atoms with Crippen molar-refractivity contribution in [2.75, 3.05) is 13.7 Å². The third kappa shape index (κ3) is 9.91. The number of nitrogens with zero attached hydrogens (tertiary/aromatic N) is 1. The Morgan fingerprint density at radius 2 is 1.44 bits per heavy atom. The van der Waals surface area contributed by atoms with E-state index in [0.717, 1.165) is 28.0 Å². The summed E-state index contributed by atoms with van der Waals surface area (Å²) in [6.45, 7) is 2.51. The average Bonchev–Trinajstić information content (AvgIpc) is 3.06. The summed E-state index contributed by atoms with van der Waals surface area (Å²) in [6.07, 6.45) is 0.832. The van der Waals surface area contributed by atoms with Crippen LogP contribution in [0.5, 0.6) is 5.75 Å². The second-order valence-electron chi connectivity index (χ2n) is 10.6. The predicted octanol–water partition coefficient (Wildman–Crippen LogP) is 5.54. The maximum absolute atomic E-state index is 14.0. The molecule has 0 spiro atoms. The van der Waals surface area contributed by atoms with E-state index < -0.39 is 16.1 Å². The molecule has 4 aromatic rings. The fourth-order valence-electron chi connectivity index (χ4n) is 4.89. The largest absolute Gasteiger partial charge is 0.497 e. The number of hydrogen-bond donors (Lipinski definition) is 2. The summed E-state index contributed by atoms with van der Waals surface area (Å²) < 4.78 is 32.4. The minimum Gasteiger partial charge on any atom is -0.497 e. The zero-order valence-electron chi connectivity index (χ0n) is 25.4. The number of carbonyl (C=O) groups excluding carboxylic acids is 2. The van der Waals surface area contributed by atoms with E-state index in [1.54, 1.807) is 43.2 Å². The number of hydrogen-bond acceptors (Lipinski definition) is 5. The molecule has 8 nitrogen and oxygen atoms in total. The van der Waals surface area contributed by atoms with E-state index in [9.17, 15) is 18.0 Å². The van der Waals surface area contributed by atoms with Crippen molar-refractivity contribution in [3.8, 4) is 5.75 Å². The van der Waals surface area contributed by atoms with Crippen molar-refractivity contribution in [2.45, 2.75) is 50.2 Å². The molecule has 0 heterocycles. The molecule has 0 radical (unpaired) electrons. The third-order valence-electron chi connectivity index (χ3n) is 7.36. The highest BCUT2D eigenvalue weighted by Gasteiger charge is 2.30. The van der Waals surface area contributed by atoms with E-state index >= 15 is 0 Å². The van der Waals surface area contributed by atoms with Gasteiger partial charge >= 0.3 is 0 Å². The lowest BCUT2D eigenvalue weighted by molar-refractivity contribution is -0.141. The first kappa shape index (κ1) is 33.7. The van der Waals surface area contributed by atoms with Gasteiger partial charge in [0.25, 0.3) is 0 Å². The Hall–Kier alpha value is -4.18. The molecule has 4 rings (SSSR count). The first-order chi connectivity index (χ1) is 21.7. The minimum absolute atomic E-state index is 0.129. The molecule has 0 aliphatic heterocycles. The van der Waals surface area contributed by atoms with Gasteiger partial charge in [-0.05, 0) is 65.1 Å². The van der Waals surface area contributed by atoms with Crippen LogP contribution in [0.25, 0.3) is 0 Å². The van der Waals surface area contributed by atoms with Crippen molar-refractivity contribution < 1.29 is 22.7 Å². The SMILES string of the molecule is CCNS(=O)(=O)c1ccc(CCC(=O)N(Cc2ccc(Cl)cc2)[C@@H](Cc2ccccc2)C(=O)NCc2ccc(OC)cc2)cc1. The first-order valence-electron chi connectivity index (χ1n) is 14.8. The lowest BCUT2D eigenvalue weighted by Crippen LogP contribution is -2.50. The van der Waals surface area contributed by atoms with Gasteiger partial charge in [0.2, 0.25) is 21.8 Å². The molecule has 0 aliphatic rings. The number of halogens is 1. The van der Waals surface area contributed by atoms with Gasteiger partial charge in [-0.2, -0.15) is 0 Å². The Bertz CT molecular complexity index is 1650. The Morgan fingerprint density at radius 1 is 0.822 bits per heavy atom. The van der Waals surface area contributed by atoms with Crippen LogP contribution in [0.2, 0.25) is 5.02 Å². The van der Waals surface area contributed by atoms with Crippen molar-refractivity contribution in [3.05, 3.63) is 130 Å². The van der Waals surface area contributed by atoms with Crippen LogP contribution in [0.4, 0.5) is 0 Å². The van der Waals surface area contributed by atoms with Gasteiger partial charge in [0.1, 0.15) is 11.8 Å². The number of ether oxygens (including phenoxy) is 1. The Labute approximate surface area is 270 Å². The van der Waals surface area contributed by atoms with E-state index in [1.807, 2.05) is 66.7 Å². The molecule has 0 fully saturated rings. The molecule has 0 saturated heterocycles. The number of aryl methyl sites for hydroxylation is 1. The number of benzene rings is 4. The molecule has 0 saturated carbocycles. The van der Waals surface area contributed by atoms with E-state index in [1.165, 1.54) is 12.1 Å². The minimum atomic E-state index is -3.57. The number of sulfonamides is 1. The number of carbonyl (C=O) groups is 2. The van der Waals surface area contributed by atoms with E-state index in [2.05, 4.69) is 10.0 Å². The van der Waals surface area contributed by atoms with Gasteiger partial charge in [-0.15, -0.1) is 0 Å². The van der Waals surface area contributed by atoms with Crippen LogP contribution in [0.15, 0.2) is 108 Å². The van der Waals surface area contributed by atoms with Gasteiger partial charge in [-0.3, -0.25) is 9.59 Å². The molecule has 4 aromatic carbocycles. The second kappa shape index (κ2) is 16.2. The summed E-state index contributed by atoms with van der Waals surface area (Å²) in [4.78, 5) is 29.7. The summed E-state index contributed by atoms with van der Waals surface area (Å²) in [5.41, 5.74) is 3.48. The number of rotatable bonds is 15. The van der Waals surface area contributed by atoms with Crippen molar-refractivity contribution >= 4 is 33.4 Å². The quantitative estimate of drug-likeness (QED) is 0.176. The van der Waals surface area contributed by atoms with E-state index in [0.29, 0.717) is 31.0 Å². The van der Waals surface area contributed by atoms with Gasteiger partial charge in [0, 0.05) is 37.5 Å². The average molecular weight is 648 g/mol. The number of nitrogens with one attached hydrogen (secondary N) is 2. The second-order valence-corrected chi connectivity index (χ2v) is 12.8. The molecule has 0 aliphatic carbocycles. The number of methoxy groups -OCH3 is 1. The van der Waals surface area contributed by atoms with Crippen LogP contribution >= 0.6 is 11.6 Å². The van der Waals surface area contributed by atoms with Crippen LogP contribution in [0, 0.1) is 0 Å². The third-order valence-corrected chi connectivity index (χ3v) is 9.17. The molecule has 236 valence electrons. The highest BCUT2D eigenvalue weighted by atomic mass is 35.5. The molecule has 10 heteroatoms. The van der Waals surface area contributed by atoms with Crippen molar-refractivity contribution in [1.82, 2.24) is 14.9 Å². The maximum atomic E-state index is 14.0. The smallest absolute Gasteiger partial charge is 0.243 e. The normalized spacial score (nSPS) is 11.9. The summed E-state index contributed by atoms with van der Waals surface area (Å²) in [7, 11) is -1.98. The summed E-state index contributed by atoms with van der Waals surface area (Å²) >= 11 is 6.13. The fourth-order valence-corrected chi connectivity index (χ4v) is 6.06. The molecule has 2 amide bonds. The molecular formula is C35H38ClN3O5S. The monoisotopic (exact) mass is 647 g/mol. The van der Waals surface area contributed by atoms with Crippen LogP contribution in [-0.2, 0) is 45.5 Å². The summed E-state index contributed by atoms with van der Waals surface area (Å²) in [5, 5.41) is 3.61. The van der Waals surface area contributed by atoms with Crippen LogP contribution in [0.3, 0.4) is 0 Å². The lowest BCUT2D eigenvalue weighted by Gasteiger charge is -2.32. The van der Waals surface area contributed by atoms with Crippen molar-refractivity contribution in [2.24, 2.45) is 0 Å². The van der Waals surface area contributed by atoms with Gasteiger partial charge < -0.3 is 15.0 Å². The molecule has 45 heavy (non-hydrogen) atoms. The highest BCUT2D eigenvalue weighted by Crippen LogP contribution is 2.20. The molecule has 0 bridgehead atoms. The Morgan fingerprint density at radius 3 is 2.07 bits per heavy atom. The van der Waals surface area contributed by atoms with Gasteiger partial charge in [0.05, 0.1) is 12.0 Å². The van der Waals surface area contributed by atoms with E-state index in [-0.39, 0.29) is 29.7 Å². The molecule has 1 atom stereocenters. The van der Waals surface area contributed by atoms with Gasteiger partial charge in [0.15, 0.2) is 0 Å². The predicted molar refractivity (Wildman–Crippen MR) is 176 cm³/mol. The van der Waals surface area contributed by atoms with Gasteiger partial charge in [-0.1, -0.05) is 85.3 Å². The van der Waals surface area contributed by atoms with Gasteiger partial charge in [-0.25, -0.2) is 13.1 Å². The van der Waals surface area contributed by atoms with Crippen LogP contribution < -0.4 is 14.8 Å². The summed E-state index contributed by atoms with van der Waals surface area (Å²) in [6, 6.07) is 30.0.